The Labute approximate surface area is 160 Å². The predicted octanol–water partition coefficient (Wildman–Crippen LogP) is 2.41. The van der Waals surface area contributed by atoms with Gasteiger partial charge in [-0.05, 0) is 61.5 Å². The summed E-state index contributed by atoms with van der Waals surface area (Å²) in [7, 11) is 3.51. The van der Waals surface area contributed by atoms with Crippen molar-refractivity contribution in [1.82, 2.24) is 20.1 Å². The van der Waals surface area contributed by atoms with E-state index < -0.39 is 0 Å². The number of rotatable bonds is 7. The number of benzene rings is 1. The molecule has 2 aromatic rings. The summed E-state index contributed by atoms with van der Waals surface area (Å²) in [6, 6.07) is 8.27. The predicted molar refractivity (Wildman–Crippen MR) is 102 cm³/mol. The van der Waals surface area contributed by atoms with E-state index in [1.807, 2.05) is 19.2 Å². The summed E-state index contributed by atoms with van der Waals surface area (Å²) in [6.45, 7) is 5.64. The van der Waals surface area contributed by atoms with Gasteiger partial charge < -0.3 is 14.5 Å². The number of aromatic nitrogens is 2. The number of likely N-dealkylation sites (tertiary alicyclic amines) is 1. The first kappa shape index (κ1) is 19.4. The van der Waals surface area contributed by atoms with Crippen LogP contribution in [0, 0.1) is 12.8 Å². The van der Waals surface area contributed by atoms with Gasteiger partial charge in [0.2, 0.25) is 0 Å². The van der Waals surface area contributed by atoms with E-state index in [0.717, 1.165) is 44.8 Å². The maximum absolute atomic E-state index is 12.5. The SMILES string of the molecule is COc1ccc(CCN2CCC[C@H](CN(C)C(=O)c3nonc3C)C2)cc1. The minimum atomic E-state index is -0.121. The van der Waals surface area contributed by atoms with E-state index in [1.54, 1.807) is 18.9 Å². The van der Waals surface area contributed by atoms with Crippen LogP contribution in [0.4, 0.5) is 0 Å². The summed E-state index contributed by atoms with van der Waals surface area (Å²) in [4.78, 5) is 16.7. The highest BCUT2D eigenvalue weighted by atomic mass is 16.6. The van der Waals surface area contributed by atoms with Crippen LogP contribution in [0.2, 0.25) is 0 Å². The lowest BCUT2D eigenvalue weighted by Crippen LogP contribution is -2.42. The minimum absolute atomic E-state index is 0.121. The lowest BCUT2D eigenvalue weighted by molar-refractivity contribution is 0.0719. The average Bonchev–Trinajstić information content (AvgIpc) is 3.12. The first-order valence-electron chi connectivity index (χ1n) is 9.46. The Hall–Kier alpha value is -2.41. The molecule has 146 valence electrons. The number of carbonyl (C=O) groups excluding carboxylic acids is 1. The fourth-order valence-electron chi connectivity index (χ4n) is 3.66. The molecule has 1 aliphatic rings. The van der Waals surface area contributed by atoms with E-state index in [4.69, 9.17) is 4.74 Å². The Morgan fingerprint density at radius 1 is 1.33 bits per heavy atom. The molecule has 1 fully saturated rings. The highest BCUT2D eigenvalue weighted by Gasteiger charge is 2.25. The van der Waals surface area contributed by atoms with Gasteiger partial charge in [-0.1, -0.05) is 17.3 Å². The third-order valence-corrected chi connectivity index (χ3v) is 5.21. The lowest BCUT2D eigenvalue weighted by Gasteiger charge is -2.34. The highest BCUT2D eigenvalue weighted by molar-refractivity contribution is 5.92. The molecule has 0 spiro atoms. The van der Waals surface area contributed by atoms with E-state index >= 15 is 0 Å². The molecule has 1 aliphatic heterocycles. The second kappa shape index (κ2) is 8.99. The topological polar surface area (TPSA) is 71.7 Å². The standard InChI is InChI=1S/C20H28N4O3/c1-15-19(22-27-21-15)20(25)23(2)13-17-5-4-11-24(14-17)12-10-16-6-8-18(26-3)9-7-16/h6-9,17H,4-5,10-14H2,1-3H3/t17-/m1/s1. The number of aryl methyl sites for hydroxylation is 1. The third-order valence-electron chi connectivity index (χ3n) is 5.21. The number of nitrogens with zero attached hydrogens (tertiary/aromatic N) is 4. The number of carbonyl (C=O) groups is 1. The van der Waals surface area contributed by atoms with Crippen LogP contribution in [0.1, 0.15) is 34.6 Å². The number of ether oxygens (including phenoxy) is 1. The Kier molecular flexibility index (Phi) is 6.45. The smallest absolute Gasteiger partial charge is 0.277 e. The van der Waals surface area contributed by atoms with Crippen LogP contribution < -0.4 is 4.74 Å². The summed E-state index contributed by atoms with van der Waals surface area (Å²) in [5, 5.41) is 7.42. The van der Waals surface area contributed by atoms with Gasteiger partial charge >= 0.3 is 0 Å². The van der Waals surface area contributed by atoms with Crippen LogP contribution in [-0.2, 0) is 6.42 Å². The molecule has 1 aromatic heterocycles. The van der Waals surface area contributed by atoms with Crippen LogP contribution in [-0.4, -0.2) is 66.4 Å². The van der Waals surface area contributed by atoms with E-state index in [0.29, 0.717) is 17.3 Å². The van der Waals surface area contributed by atoms with Crippen molar-refractivity contribution in [2.45, 2.75) is 26.2 Å². The van der Waals surface area contributed by atoms with Crippen LogP contribution >= 0.6 is 0 Å². The van der Waals surface area contributed by atoms with Gasteiger partial charge in [0, 0.05) is 26.7 Å². The molecule has 7 nitrogen and oxygen atoms in total. The zero-order chi connectivity index (χ0) is 19.2. The quantitative estimate of drug-likeness (QED) is 0.743. The van der Waals surface area contributed by atoms with Gasteiger partial charge in [0.15, 0.2) is 5.69 Å². The Bertz CT molecular complexity index is 744. The number of methoxy groups -OCH3 is 1. The molecule has 1 atom stereocenters. The molecule has 1 amide bonds. The average molecular weight is 372 g/mol. The van der Waals surface area contributed by atoms with Gasteiger partial charge in [-0.3, -0.25) is 4.79 Å². The number of amides is 1. The highest BCUT2D eigenvalue weighted by Crippen LogP contribution is 2.19. The maximum atomic E-state index is 12.5. The maximum Gasteiger partial charge on any atom is 0.277 e. The van der Waals surface area contributed by atoms with Crippen LogP contribution in [0.25, 0.3) is 0 Å². The molecule has 0 unspecified atom stereocenters. The van der Waals surface area contributed by atoms with E-state index in [9.17, 15) is 4.79 Å². The molecule has 0 aliphatic carbocycles. The molecule has 0 radical (unpaired) electrons. The van der Waals surface area contributed by atoms with Crippen molar-refractivity contribution >= 4 is 5.91 Å². The molecule has 7 heteroatoms. The summed E-state index contributed by atoms with van der Waals surface area (Å²) in [5.74, 6) is 1.25. The largest absolute Gasteiger partial charge is 0.497 e. The molecule has 0 bridgehead atoms. The van der Waals surface area contributed by atoms with Gasteiger partial charge in [-0.15, -0.1) is 0 Å². The monoisotopic (exact) mass is 372 g/mol. The molecular formula is C20H28N4O3. The summed E-state index contributed by atoms with van der Waals surface area (Å²) in [6.07, 6.45) is 3.34. The number of hydrogen-bond acceptors (Lipinski definition) is 6. The van der Waals surface area contributed by atoms with E-state index in [2.05, 4.69) is 32.0 Å². The van der Waals surface area contributed by atoms with Crippen molar-refractivity contribution in [3.05, 3.63) is 41.2 Å². The zero-order valence-electron chi connectivity index (χ0n) is 16.4. The fraction of sp³-hybridized carbons (Fsp3) is 0.550. The Morgan fingerprint density at radius 3 is 2.78 bits per heavy atom. The summed E-state index contributed by atoms with van der Waals surface area (Å²) >= 11 is 0. The van der Waals surface area contributed by atoms with E-state index in [-0.39, 0.29) is 5.91 Å². The molecule has 0 saturated carbocycles. The van der Waals surface area contributed by atoms with Gasteiger partial charge in [-0.2, -0.15) is 0 Å². The molecule has 2 heterocycles. The first-order valence-corrected chi connectivity index (χ1v) is 9.46. The number of hydrogen-bond donors (Lipinski definition) is 0. The van der Waals surface area contributed by atoms with Crippen molar-refractivity contribution < 1.29 is 14.2 Å². The van der Waals surface area contributed by atoms with Crippen molar-refractivity contribution in [3.8, 4) is 5.75 Å². The molecule has 1 aromatic carbocycles. The van der Waals surface area contributed by atoms with Crippen molar-refractivity contribution in [3.63, 3.8) is 0 Å². The molecule has 3 rings (SSSR count). The van der Waals surface area contributed by atoms with Crippen LogP contribution in [0.5, 0.6) is 5.75 Å². The molecular weight excluding hydrogens is 344 g/mol. The van der Waals surface area contributed by atoms with Crippen molar-refractivity contribution in [2.75, 3.05) is 40.3 Å². The minimum Gasteiger partial charge on any atom is -0.497 e. The Balaban J connectivity index is 1.48. The van der Waals surface area contributed by atoms with Crippen molar-refractivity contribution in [1.29, 1.82) is 0 Å². The third kappa shape index (κ3) is 5.07. The lowest BCUT2D eigenvalue weighted by atomic mass is 9.97. The van der Waals surface area contributed by atoms with Gasteiger partial charge in [0.1, 0.15) is 11.4 Å². The van der Waals surface area contributed by atoms with Gasteiger partial charge in [0.05, 0.1) is 7.11 Å². The number of piperidine rings is 1. The fourth-order valence-corrected chi connectivity index (χ4v) is 3.66. The molecule has 0 N–H and O–H groups in total. The van der Waals surface area contributed by atoms with Crippen LogP contribution in [0.15, 0.2) is 28.9 Å². The zero-order valence-corrected chi connectivity index (χ0v) is 16.4. The second-order valence-electron chi connectivity index (χ2n) is 7.29. The summed E-state index contributed by atoms with van der Waals surface area (Å²) < 4.78 is 9.86. The van der Waals surface area contributed by atoms with Crippen molar-refractivity contribution in [2.24, 2.45) is 5.92 Å². The normalized spacial score (nSPS) is 17.7. The Morgan fingerprint density at radius 2 is 2.11 bits per heavy atom. The first-order chi connectivity index (χ1) is 13.1. The van der Waals surface area contributed by atoms with E-state index in [1.165, 1.54) is 12.0 Å². The summed E-state index contributed by atoms with van der Waals surface area (Å²) in [5.41, 5.74) is 2.17. The van der Waals surface area contributed by atoms with Gasteiger partial charge in [-0.25, -0.2) is 4.63 Å². The second-order valence-corrected chi connectivity index (χ2v) is 7.29. The van der Waals surface area contributed by atoms with Gasteiger partial charge in [0.25, 0.3) is 5.91 Å². The molecule has 1 saturated heterocycles. The van der Waals surface area contributed by atoms with Crippen LogP contribution in [0.3, 0.4) is 0 Å². The molecule has 27 heavy (non-hydrogen) atoms.